The smallest absolute Gasteiger partial charge is 0.311 e. The Morgan fingerprint density at radius 1 is 1.59 bits per heavy atom. The van der Waals surface area contributed by atoms with Gasteiger partial charge in [0.25, 0.3) is 0 Å². The lowest BCUT2D eigenvalue weighted by Crippen LogP contribution is -2.35. The van der Waals surface area contributed by atoms with E-state index >= 15 is 0 Å². The lowest BCUT2D eigenvalue weighted by Gasteiger charge is -2.23. The second-order valence-electron chi connectivity index (χ2n) is 4.40. The van der Waals surface area contributed by atoms with Gasteiger partial charge in [0.1, 0.15) is 5.82 Å². The first-order valence-corrected chi connectivity index (χ1v) is 5.80. The summed E-state index contributed by atoms with van der Waals surface area (Å²) in [5.74, 6) is -1.40. The molecule has 1 aromatic rings. The fourth-order valence-corrected chi connectivity index (χ4v) is 2.40. The van der Waals surface area contributed by atoms with Crippen LogP contribution in [0.2, 0.25) is 5.02 Å². The first-order valence-electron chi connectivity index (χ1n) is 5.42. The number of hydrogen-bond acceptors (Lipinski definition) is 2. The molecule has 1 heterocycles. The van der Waals surface area contributed by atoms with Crippen LogP contribution in [-0.4, -0.2) is 24.2 Å². The first-order chi connectivity index (χ1) is 8.05. The van der Waals surface area contributed by atoms with Crippen LogP contribution in [0.3, 0.4) is 0 Å². The van der Waals surface area contributed by atoms with Gasteiger partial charge in [0, 0.05) is 6.54 Å². The largest absolute Gasteiger partial charge is 0.481 e. The predicted molar refractivity (Wildman–Crippen MR) is 62.7 cm³/mol. The molecule has 1 aliphatic heterocycles. The monoisotopic (exact) mass is 257 g/mol. The minimum atomic E-state index is -0.911. The molecule has 0 saturated carbocycles. The minimum Gasteiger partial charge on any atom is -0.481 e. The Labute approximate surface area is 104 Å². The highest BCUT2D eigenvalue weighted by Gasteiger charge is 2.42. The van der Waals surface area contributed by atoms with Crippen LogP contribution in [-0.2, 0) is 11.2 Å². The van der Waals surface area contributed by atoms with Crippen LogP contribution in [0.25, 0.3) is 0 Å². The molecule has 1 aromatic carbocycles. The van der Waals surface area contributed by atoms with Crippen LogP contribution in [0.1, 0.15) is 12.0 Å². The zero-order valence-electron chi connectivity index (χ0n) is 9.17. The van der Waals surface area contributed by atoms with Gasteiger partial charge in [-0.15, -0.1) is 0 Å². The molecule has 0 radical (unpaired) electrons. The summed E-state index contributed by atoms with van der Waals surface area (Å²) in [4.78, 5) is 11.3. The van der Waals surface area contributed by atoms with Gasteiger partial charge in [-0.3, -0.25) is 4.79 Å². The summed E-state index contributed by atoms with van der Waals surface area (Å²) in [5.41, 5.74) is -0.547. The van der Waals surface area contributed by atoms with E-state index < -0.39 is 17.2 Å². The second kappa shape index (κ2) is 4.63. The maximum Gasteiger partial charge on any atom is 0.311 e. The summed E-state index contributed by atoms with van der Waals surface area (Å²) < 4.78 is 13.7. The van der Waals surface area contributed by atoms with Crippen molar-refractivity contribution < 1.29 is 14.3 Å². The minimum absolute atomic E-state index is 0.0361. The molecule has 2 N–H and O–H groups in total. The zero-order valence-corrected chi connectivity index (χ0v) is 9.93. The van der Waals surface area contributed by atoms with Crippen molar-refractivity contribution in [2.45, 2.75) is 12.8 Å². The standard InChI is InChI=1S/C12H13ClFNO2/c13-9-3-1-2-8(10(9)14)6-12(11(16)17)4-5-15-7-12/h1-3,15H,4-7H2,(H,16,17). The number of nitrogens with one attached hydrogen (secondary N) is 1. The van der Waals surface area contributed by atoms with Crippen molar-refractivity contribution in [1.29, 1.82) is 0 Å². The van der Waals surface area contributed by atoms with Gasteiger partial charge >= 0.3 is 5.97 Å². The van der Waals surface area contributed by atoms with Crippen molar-refractivity contribution in [1.82, 2.24) is 5.32 Å². The number of aliphatic carboxylic acids is 1. The average molecular weight is 258 g/mol. The number of benzene rings is 1. The Kier molecular flexibility index (Phi) is 3.35. The van der Waals surface area contributed by atoms with Crippen molar-refractivity contribution in [3.05, 3.63) is 34.6 Å². The molecule has 17 heavy (non-hydrogen) atoms. The predicted octanol–water partition coefficient (Wildman–Crippen LogP) is 2.09. The van der Waals surface area contributed by atoms with E-state index in [9.17, 15) is 14.3 Å². The van der Waals surface area contributed by atoms with Crippen molar-refractivity contribution in [2.24, 2.45) is 5.41 Å². The van der Waals surface area contributed by atoms with Gasteiger partial charge < -0.3 is 10.4 Å². The summed E-state index contributed by atoms with van der Waals surface area (Å²) in [7, 11) is 0. The van der Waals surface area contributed by atoms with Crippen molar-refractivity contribution >= 4 is 17.6 Å². The highest BCUT2D eigenvalue weighted by atomic mass is 35.5. The van der Waals surface area contributed by atoms with E-state index in [2.05, 4.69) is 5.32 Å². The molecule has 0 spiro atoms. The second-order valence-corrected chi connectivity index (χ2v) is 4.81. The molecule has 0 bridgehead atoms. The van der Waals surface area contributed by atoms with Gasteiger partial charge in [0.05, 0.1) is 10.4 Å². The number of hydrogen-bond donors (Lipinski definition) is 2. The lowest BCUT2D eigenvalue weighted by atomic mass is 9.81. The summed E-state index contributed by atoms with van der Waals surface area (Å²) in [5, 5.41) is 12.3. The van der Waals surface area contributed by atoms with Crippen LogP contribution in [0.15, 0.2) is 18.2 Å². The summed E-state index contributed by atoms with van der Waals surface area (Å²) >= 11 is 5.69. The molecule has 0 amide bonds. The lowest BCUT2D eigenvalue weighted by molar-refractivity contribution is -0.147. The molecule has 1 atom stereocenters. The van der Waals surface area contributed by atoms with Crippen LogP contribution < -0.4 is 5.32 Å². The van der Waals surface area contributed by atoms with Crippen LogP contribution >= 0.6 is 11.6 Å². The molecule has 1 unspecified atom stereocenters. The number of halogens is 2. The van der Waals surface area contributed by atoms with Crippen molar-refractivity contribution in [3.63, 3.8) is 0 Å². The average Bonchev–Trinajstić information content (AvgIpc) is 2.75. The fraction of sp³-hybridized carbons (Fsp3) is 0.417. The maximum atomic E-state index is 13.7. The topological polar surface area (TPSA) is 49.3 Å². The van der Waals surface area contributed by atoms with Gasteiger partial charge in [-0.1, -0.05) is 23.7 Å². The molecule has 3 nitrogen and oxygen atoms in total. The van der Waals surface area contributed by atoms with Gasteiger partial charge in [0.2, 0.25) is 0 Å². The third kappa shape index (κ3) is 2.28. The molecule has 0 aliphatic carbocycles. The fourth-order valence-electron chi connectivity index (χ4n) is 2.20. The van der Waals surface area contributed by atoms with Gasteiger partial charge in [-0.2, -0.15) is 0 Å². The van der Waals surface area contributed by atoms with Crippen LogP contribution in [0, 0.1) is 11.2 Å². The summed E-state index contributed by atoms with van der Waals surface area (Å²) in [6.07, 6.45) is 0.677. The van der Waals surface area contributed by atoms with E-state index in [-0.39, 0.29) is 11.4 Å². The Bertz CT molecular complexity index is 444. The quantitative estimate of drug-likeness (QED) is 0.872. The Morgan fingerprint density at radius 2 is 2.35 bits per heavy atom. The van der Waals surface area contributed by atoms with Crippen molar-refractivity contribution in [2.75, 3.05) is 13.1 Å². The highest BCUT2D eigenvalue weighted by molar-refractivity contribution is 6.30. The van der Waals surface area contributed by atoms with E-state index in [0.717, 1.165) is 0 Å². The molecular weight excluding hydrogens is 245 g/mol. The molecule has 2 rings (SSSR count). The van der Waals surface area contributed by atoms with Crippen LogP contribution in [0.4, 0.5) is 4.39 Å². The molecule has 1 aliphatic rings. The van der Waals surface area contributed by atoms with Crippen molar-refractivity contribution in [3.8, 4) is 0 Å². The molecule has 0 aromatic heterocycles. The number of carbonyl (C=O) groups is 1. The van der Waals surface area contributed by atoms with Gasteiger partial charge in [0.15, 0.2) is 0 Å². The van der Waals surface area contributed by atoms with E-state index in [0.29, 0.717) is 25.1 Å². The third-order valence-corrected chi connectivity index (χ3v) is 3.55. The first kappa shape index (κ1) is 12.3. The van der Waals surface area contributed by atoms with E-state index in [1.165, 1.54) is 6.07 Å². The summed E-state index contributed by atoms with van der Waals surface area (Å²) in [6.45, 7) is 1.02. The van der Waals surface area contributed by atoms with E-state index in [4.69, 9.17) is 11.6 Å². The van der Waals surface area contributed by atoms with E-state index in [1.807, 2.05) is 0 Å². The molecular formula is C12H13ClFNO2. The zero-order chi connectivity index (χ0) is 12.5. The van der Waals surface area contributed by atoms with Crippen LogP contribution in [0.5, 0.6) is 0 Å². The Balaban J connectivity index is 2.30. The van der Waals surface area contributed by atoms with E-state index in [1.54, 1.807) is 12.1 Å². The van der Waals surface area contributed by atoms with Gasteiger partial charge in [-0.05, 0) is 31.0 Å². The molecule has 5 heteroatoms. The molecule has 1 saturated heterocycles. The molecule has 92 valence electrons. The number of rotatable bonds is 3. The number of carboxylic acid groups (broad SMARTS) is 1. The SMILES string of the molecule is O=C(O)C1(Cc2cccc(Cl)c2F)CCNC1. The van der Waals surface area contributed by atoms with Gasteiger partial charge in [-0.25, -0.2) is 4.39 Å². The third-order valence-electron chi connectivity index (χ3n) is 3.26. The Morgan fingerprint density at radius 3 is 2.94 bits per heavy atom. The Hall–Kier alpha value is -1.13. The maximum absolute atomic E-state index is 13.7. The number of carboxylic acids is 1. The summed E-state index contributed by atoms with van der Waals surface area (Å²) in [6, 6.07) is 4.68. The normalized spacial score (nSPS) is 23.9. The highest BCUT2D eigenvalue weighted by Crippen LogP contribution is 2.32. The molecule has 1 fully saturated rings.